The van der Waals surface area contributed by atoms with Crippen LogP contribution in [0.3, 0.4) is 0 Å². The van der Waals surface area contributed by atoms with E-state index in [2.05, 4.69) is 20.9 Å². The molecule has 0 radical (unpaired) electrons. The van der Waals surface area contributed by atoms with Crippen molar-refractivity contribution in [2.24, 2.45) is 5.41 Å². The number of aromatic nitrogens is 1. The lowest BCUT2D eigenvalue weighted by Crippen LogP contribution is -2.46. The van der Waals surface area contributed by atoms with Crippen molar-refractivity contribution < 1.29 is 24.2 Å². The topological polar surface area (TPSA) is 89.0 Å². The van der Waals surface area contributed by atoms with Gasteiger partial charge in [0.2, 0.25) is 0 Å². The first-order valence-electron chi connectivity index (χ1n) is 10.8. The number of carboxylic acids is 1. The van der Waals surface area contributed by atoms with Crippen molar-refractivity contribution in [3.63, 3.8) is 0 Å². The third-order valence-corrected chi connectivity index (χ3v) is 7.04. The van der Waals surface area contributed by atoms with Crippen LogP contribution in [0, 0.1) is 5.41 Å². The van der Waals surface area contributed by atoms with E-state index < -0.39 is 11.6 Å². The number of aliphatic carboxylic acids is 1. The molecular weight excluding hydrogens is 476 g/mol. The van der Waals surface area contributed by atoms with Crippen molar-refractivity contribution in [3.05, 3.63) is 64.4 Å². The maximum Gasteiger partial charge on any atom is 0.410 e. The van der Waals surface area contributed by atoms with E-state index in [1.165, 1.54) is 0 Å². The van der Waals surface area contributed by atoms with Gasteiger partial charge >= 0.3 is 12.1 Å². The molecule has 2 unspecified atom stereocenters. The van der Waals surface area contributed by atoms with Crippen LogP contribution in [-0.2, 0) is 26.5 Å². The number of nitrogens with zero attached hydrogens (tertiary/aromatic N) is 2. The summed E-state index contributed by atoms with van der Waals surface area (Å²) in [4.78, 5) is 30.2. The third kappa shape index (κ3) is 5.13. The van der Waals surface area contributed by atoms with Crippen molar-refractivity contribution in [2.75, 3.05) is 19.7 Å². The highest BCUT2D eigenvalue weighted by Crippen LogP contribution is 2.55. The lowest BCUT2D eigenvalue weighted by Gasteiger charge is -2.41. The van der Waals surface area contributed by atoms with Crippen LogP contribution >= 0.6 is 15.9 Å². The van der Waals surface area contributed by atoms with Crippen molar-refractivity contribution in [1.82, 2.24) is 9.88 Å². The molecule has 1 aromatic carbocycles. The summed E-state index contributed by atoms with van der Waals surface area (Å²) < 4.78 is 12.3. The minimum Gasteiger partial charge on any atom is -0.480 e. The van der Waals surface area contributed by atoms with Gasteiger partial charge in [-0.05, 0) is 65.1 Å². The molecule has 1 saturated carbocycles. The number of carbonyl (C=O) groups is 2. The molecule has 2 atom stereocenters. The van der Waals surface area contributed by atoms with Gasteiger partial charge in [-0.3, -0.25) is 0 Å². The molecular formula is C24H27BrN2O5. The number of rotatable bonds is 6. The van der Waals surface area contributed by atoms with Crippen molar-refractivity contribution in [3.8, 4) is 0 Å². The maximum absolute atomic E-state index is 12.8. The molecule has 8 heteroatoms. The summed E-state index contributed by atoms with van der Waals surface area (Å²) in [6.45, 7) is 1.13. The summed E-state index contributed by atoms with van der Waals surface area (Å²) >= 11 is 3.36. The van der Waals surface area contributed by atoms with E-state index >= 15 is 0 Å². The predicted molar refractivity (Wildman–Crippen MR) is 121 cm³/mol. The molecule has 0 bridgehead atoms. The molecule has 2 fully saturated rings. The zero-order chi connectivity index (χ0) is 22.6. The van der Waals surface area contributed by atoms with Crippen molar-refractivity contribution >= 4 is 28.0 Å². The van der Waals surface area contributed by atoms with Gasteiger partial charge in [0, 0.05) is 24.8 Å². The highest BCUT2D eigenvalue weighted by molar-refractivity contribution is 9.10. The second-order valence-electron chi connectivity index (χ2n) is 8.79. The predicted octanol–water partition coefficient (Wildman–Crippen LogP) is 4.74. The molecule has 1 aliphatic heterocycles. The van der Waals surface area contributed by atoms with Gasteiger partial charge in [-0.15, -0.1) is 0 Å². The molecule has 2 aromatic rings. The van der Waals surface area contributed by atoms with E-state index in [0.717, 1.165) is 30.4 Å². The lowest BCUT2D eigenvalue weighted by molar-refractivity contribution is -0.151. The van der Waals surface area contributed by atoms with E-state index in [9.17, 15) is 14.7 Å². The standard InChI is InChI=1S/C24H27BrN2O5/c25-20-8-7-19(13-26-20)24(32-15-21(28)29)11-10-23(16-24)9-4-12-27(17-23)22(30)31-14-18-5-2-1-3-6-18/h1-3,5-8,13H,4,9-12,14-17H2,(H,28,29). The van der Waals surface area contributed by atoms with Crippen molar-refractivity contribution in [2.45, 2.75) is 44.3 Å². The van der Waals surface area contributed by atoms with Gasteiger partial charge in [0.1, 0.15) is 17.8 Å². The quantitative estimate of drug-likeness (QED) is 0.573. The fourth-order valence-electron chi connectivity index (χ4n) is 5.07. The fourth-order valence-corrected chi connectivity index (χ4v) is 5.30. The molecule has 32 heavy (non-hydrogen) atoms. The molecule has 2 heterocycles. The SMILES string of the molecule is O=C(O)COC1(c2ccc(Br)nc2)CCC2(CCCN(C(=O)OCc3ccccc3)C2)C1. The highest BCUT2D eigenvalue weighted by atomic mass is 79.9. The van der Waals surface area contributed by atoms with Crippen molar-refractivity contribution in [1.29, 1.82) is 0 Å². The van der Waals surface area contributed by atoms with Gasteiger partial charge < -0.3 is 19.5 Å². The third-order valence-electron chi connectivity index (χ3n) is 6.57. The van der Waals surface area contributed by atoms with Crippen LogP contribution in [-0.4, -0.2) is 46.7 Å². The Kier molecular flexibility index (Phi) is 6.81. The molecule has 4 rings (SSSR count). The summed E-state index contributed by atoms with van der Waals surface area (Å²) in [6.07, 6.45) is 5.49. The number of hydrogen-bond donors (Lipinski definition) is 1. The smallest absolute Gasteiger partial charge is 0.410 e. The lowest BCUT2D eigenvalue weighted by atomic mass is 9.76. The summed E-state index contributed by atoms with van der Waals surface area (Å²) in [7, 11) is 0. The Bertz CT molecular complexity index is 955. The molecule has 7 nitrogen and oxygen atoms in total. The Morgan fingerprint density at radius 2 is 1.94 bits per heavy atom. The molecule has 170 valence electrons. The van der Waals surface area contributed by atoms with Gasteiger partial charge in [0.05, 0.1) is 5.60 Å². The van der Waals surface area contributed by atoms with Gasteiger partial charge in [0.25, 0.3) is 0 Å². The van der Waals surface area contributed by atoms with Gasteiger partial charge in [-0.2, -0.15) is 0 Å². The Morgan fingerprint density at radius 1 is 1.12 bits per heavy atom. The molecule has 1 N–H and O–H groups in total. The average molecular weight is 503 g/mol. The highest BCUT2D eigenvalue weighted by Gasteiger charge is 2.52. The van der Waals surface area contributed by atoms with Crippen LogP contribution in [0.4, 0.5) is 4.79 Å². The molecule has 1 amide bonds. The second-order valence-corrected chi connectivity index (χ2v) is 9.60. The molecule has 1 aromatic heterocycles. The maximum atomic E-state index is 12.8. The Labute approximate surface area is 195 Å². The number of benzene rings is 1. The zero-order valence-corrected chi connectivity index (χ0v) is 19.4. The first-order chi connectivity index (χ1) is 15.4. The number of pyridine rings is 1. The van der Waals surface area contributed by atoms with E-state index in [0.29, 0.717) is 30.5 Å². The number of likely N-dealkylation sites (tertiary alicyclic amines) is 1. The van der Waals surface area contributed by atoms with E-state index in [4.69, 9.17) is 9.47 Å². The summed E-state index contributed by atoms with van der Waals surface area (Å²) in [5.74, 6) is -0.995. The van der Waals surface area contributed by atoms with E-state index in [1.54, 1.807) is 11.1 Å². The number of carbonyl (C=O) groups excluding carboxylic acids is 1. The largest absolute Gasteiger partial charge is 0.480 e. The zero-order valence-electron chi connectivity index (χ0n) is 17.8. The number of piperidine rings is 1. The first kappa shape index (κ1) is 22.7. The van der Waals surface area contributed by atoms with Gasteiger partial charge in [-0.1, -0.05) is 36.4 Å². The Hall–Kier alpha value is -2.45. The summed E-state index contributed by atoms with van der Waals surface area (Å²) in [6, 6.07) is 13.4. The van der Waals surface area contributed by atoms with E-state index in [-0.39, 0.29) is 24.7 Å². The molecule has 1 saturated heterocycles. The van der Waals surface area contributed by atoms with Crippen LogP contribution in [0.15, 0.2) is 53.3 Å². The van der Waals surface area contributed by atoms with Gasteiger partial charge in [-0.25, -0.2) is 14.6 Å². The number of ether oxygens (including phenoxy) is 2. The number of carboxylic acid groups (broad SMARTS) is 1. The van der Waals surface area contributed by atoms with Crippen LogP contribution in [0.25, 0.3) is 0 Å². The normalized spacial score (nSPS) is 25.1. The molecule has 1 aliphatic carbocycles. The van der Waals surface area contributed by atoms with Crippen LogP contribution in [0.2, 0.25) is 0 Å². The fraction of sp³-hybridized carbons (Fsp3) is 0.458. The Balaban J connectivity index is 1.47. The average Bonchev–Trinajstić information content (AvgIpc) is 3.16. The number of amides is 1. The monoisotopic (exact) mass is 502 g/mol. The number of halogens is 1. The molecule has 1 spiro atoms. The first-order valence-corrected chi connectivity index (χ1v) is 11.6. The Morgan fingerprint density at radius 3 is 2.66 bits per heavy atom. The van der Waals surface area contributed by atoms with Crippen LogP contribution < -0.4 is 0 Å². The second kappa shape index (κ2) is 9.58. The number of hydrogen-bond acceptors (Lipinski definition) is 5. The van der Waals surface area contributed by atoms with E-state index in [1.807, 2.05) is 42.5 Å². The van der Waals surface area contributed by atoms with Gasteiger partial charge in [0.15, 0.2) is 0 Å². The van der Waals surface area contributed by atoms with Crippen LogP contribution in [0.1, 0.15) is 43.2 Å². The minimum atomic E-state index is -0.995. The molecule has 2 aliphatic rings. The summed E-state index contributed by atoms with van der Waals surface area (Å²) in [5.41, 5.74) is 0.985. The minimum absolute atomic E-state index is 0.129. The summed E-state index contributed by atoms with van der Waals surface area (Å²) in [5, 5.41) is 9.23. The van der Waals surface area contributed by atoms with Crippen LogP contribution in [0.5, 0.6) is 0 Å².